The average molecular weight is 359 g/mol. The molecule has 0 unspecified atom stereocenters. The lowest BCUT2D eigenvalue weighted by atomic mass is 10.1. The van der Waals surface area contributed by atoms with E-state index in [1.54, 1.807) is 11.0 Å². The Kier molecular flexibility index (Phi) is 4.49. The minimum Gasteiger partial charge on any atom is -0.355 e. The lowest BCUT2D eigenvalue weighted by Crippen LogP contribution is -2.26. The second kappa shape index (κ2) is 7.25. The second-order valence-corrected chi connectivity index (χ2v) is 6.06. The fourth-order valence-corrected chi connectivity index (χ4v) is 2.81. The van der Waals surface area contributed by atoms with Crippen LogP contribution >= 0.6 is 0 Å². The van der Waals surface area contributed by atoms with Crippen molar-refractivity contribution in [3.63, 3.8) is 0 Å². The summed E-state index contributed by atoms with van der Waals surface area (Å²) in [6, 6.07) is 17.0. The molecular weight excluding hydrogens is 342 g/mol. The van der Waals surface area contributed by atoms with Crippen LogP contribution < -0.4 is 5.32 Å². The quantitative estimate of drug-likeness (QED) is 0.590. The summed E-state index contributed by atoms with van der Waals surface area (Å²) < 4.78 is 6.97. The van der Waals surface area contributed by atoms with Crippen molar-refractivity contribution in [3.8, 4) is 17.0 Å². The van der Waals surface area contributed by atoms with Crippen LogP contribution in [0.1, 0.15) is 28.9 Å². The van der Waals surface area contributed by atoms with Gasteiger partial charge >= 0.3 is 0 Å². The highest BCUT2D eigenvalue weighted by molar-refractivity contribution is 5.99. The molecule has 2 heterocycles. The Morgan fingerprint density at radius 1 is 1.11 bits per heavy atom. The minimum absolute atomic E-state index is 0.180. The molecular formula is C20H17N5O2. The van der Waals surface area contributed by atoms with Crippen LogP contribution in [0.5, 0.6) is 0 Å². The van der Waals surface area contributed by atoms with Crippen LogP contribution in [0.4, 0.5) is 0 Å². The standard InChI is InChI=1S/C20H17N5O2/c1-14(15-7-9-17(10-8-15)25-13-21-12-22-25)24-20(26)18-11-23-27-19(18)16-5-3-2-4-6-16/h2-14H,1H3,(H,24,26)/t14-/m1/s1. The van der Waals surface area contributed by atoms with Crippen molar-refractivity contribution in [2.24, 2.45) is 0 Å². The molecule has 0 saturated heterocycles. The van der Waals surface area contributed by atoms with Crippen molar-refractivity contribution >= 4 is 5.91 Å². The van der Waals surface area contributed by atoms with Crippen LogP contribution in [0, 0.1) is 0 Å². The first-order chi connectivity index (χ1) is 13.2. The van der Waals surface area contributed by atoms with Gasteiger partial charge < -0.3 is 9.84 Å². The molecule has 134 valence electrons. The molecule has 1 N–H and O–H groups in total. The molecule has 0 fully saturated rings. The molecule has 0 aliphatic carbocycles. The predicted molar refractivity (Wildman–Crippen MR) is 99.2 cm³/mol. The third-order valence-electron chi connectivity index (χ3n) is 4.28. The van der Waals surface area contributed by atoms with Gasteiger partial charge in [-0.2, -0.15) is 5.10 Å². The molecule has 4 rings (SSSR count). The highest BCUT2D eigenvalue weighted by Gasteiger charge is 2.19. The molecule has 0 spiro atoms. The number of aromatic nitrogens is 4. The van der Waals surface area contributed by atoms with Gasteiger partial charge in [0.2, 0.25) is 0 Å². The van der Waals surface area contributed by atoms with Gasteiger partial charge in [-0.15, -0.1) is 0 Å². The number of rotatable bonds is 5. The lowest BCUT2D eigenvalue weighted by Gasteiger charge is -2.14. The average Bonchev–Trinajstić information content (AvgIpc) is 3.41. The van der Waals surface area contributed by atoms with Gasteiger partial charge in [-0.05, 0) is 24.6 Å². The van der Waals surface area contributed by atoms with Crippen molar-refractivity contribution in [3.05, 3.63) is 84.6 Å². The lowest BCUT2D eigenvalue weighted by molar-refractivity contribution is 0.0940. The first-order valence-corrected chi connectivity index (χ1v) is 8.48. The Hall–Kier alpha value is -3.74. The van der Waals surface area contributed by atoms with Gasteiger partial charge in [0.15, 0.2) is 5.76 Å². The van der Waals surface area contributed by atoms with Crippen LogP contribution in [-0.2, 0) is 0 Å². The van der Waals surface area contributed by atoms with E-state index in [1.807, 2.05) is 61.5 Å². The maximum Gasteiger partial charge on any atom is 0.257 e. The Balaban J connectivity index is 1.50. The van der Waals surface area contributed by atoms with Gasteiger partial charge in [0.25, 0.3) is 5.91 Å². The van der Waals surface area contributed by atoms with E-state index in [1.165, 1.54) is 12.5 Å². The molecule has 0 radical (unpaired) electrons. The summed E-state index contributed by atoms with van der Waals surface area (Å²) >= 11 is 0. The number of nitrogens with zero attached hydrogens (tertiary/aromatic N) is 4. The Bertz CT molecular complexity index is 1020. The summed E-state index contributed by atoms with van der Waals surface area (Å²) in [5.41, 5.74) is 3.10. The van der Waals surface area contributed by atoms with E-state index in [4.69, 9.17) is 4.52 Å². The van der Waals surface area contributed by atoms with E-state index in [9.17, 15) is 4.79 Å². The molecule has 0 aliphatic rings. The van der Waals surface area contributed by atoms with Crippen LogP contribution in [0.3, 0.4) is 0 Å². The van der Waals surface area contributed by atoms with E-state index < -0.39 is 0 Å². The third kappa shape index (κ3) is 3.48. The molecule has 7 heteroatoms. The fourth-order valence-electron chi connectivity index (χ4n) is 2.81. The molecule has 0 aliphatic heterocycles. The van der Waals surface area contributed by atoms with Crippen molar-refractivity contribution in [1.82, 2.24) is 25.2 Å². The molecule has 27 heavy (non-hydrogen) atoms. The van der Waals surface area contributed by atoms with Gasteiger partial charge in [0, 0.05) is 5.56 Å². The fraction of sp³-hybridized carbons (Fsp3) is 0.100. The molecule has 0 bridgehead atoms. The van der Waals surface area contributed by atoms with E-state index in [-0.39, 0.29) is 11.9 Å². The number of hydrogen-bond acceptors (Lipinski definition) is 5. The van der Waals surface area contributed by atoms with Gasteiger partial charge in [-0.1, -0.05) is 47.6 Å². The van der Waals surface area contributed by atoms with Gasteiger partial charge in [0.05, 0.1) is 17.9 Å². The summed E-state index contributed by atoms with van der Waals surface area (Å²) in [5.74, 6) is 0.227. The van der Waals surface area contributed by atoms with E-state index in [2.05, 4.69) is 20.6 Å². The Morgan fingerprint density at radius 2 is 1.89 bits per heavy atom. The normalized spacial score (nSPS) is 11.9. The van der Waals surface area contributed by atoms with Crippen LogP contribution in [0.15, 0.2) is 78.0 Å². The molecule has 4 aromatic rings. The van der Waals surface area contributed by atoms with E-state index in [0.717, 1.165) is 16.8 Å². The van der Waals surface area contributed by atoms with Crippen molar-refractivity contribution in [2.45, 2.75) is 13.0 Å². The smallest absolute Gasteiger partial charge is 0.257 e. The molecule has 1 atom stereocenters. The molecule has 2 aromatic heterocycles. The molecule has 1 amide bonds. The largest absolute Gasteiger partial charge is 0.355 e. The molecule has 7 nitrogen and oxygen atoms in total. The monoisotopic (exact) mass is 359 g/mol. The zero-order chi connectivity index (χ0) is 18.6. The summed E-state index contributed by atoms with van der Waals surface area (Å²) in [6.45, 7) is 1.93. The third-order valence-corrected chi connectivity index (χ3v) is 4.28. The number of benzene rings is 2. The summed E-state index contributed by atoms with van der Waals surface area (Å²) in [7, 11) is 0. The van der Waals surface area contributed by atoms with Crippen molar-refractivity contribution < 1.29 is 9.32 Å². The first kappa shape index (κ1) is 16.7. The number of carbonyl (C=O) groups is 1. The maximum absolute atomic E-state index is 12.7. The Labute approximate surface area is 155 Å². The zero-order valence-corrected chi connectivity index (χ0v) is 14.6. The van der Waals surface area contributed by atoms with Crippen LogP contribution in [0.2, 0.25) is 0 Å². The maximum atomic E-state index is 12.7. The second-order valence-electron chi connectivity index (χ2n) is 6.06. The van der Waals surface area contributed by atoms with Crippen molar-refractivity contribution in [1.29, 1.82) is 0 Å². The molecule has 2 aromatic carbocycles. The highest BCUT2D eigenvalue weighted by atomic mass is 16.5. The van der Waals surface area contributed by atoms with Crippen molar-refractivity contribution in [2.75, 3.05) is 0 Å². The van der Waals surface area contributed by atoms with Gasteiger partial charge in [-0.25, -0.2) is 9.67 Å². The van der Waals surface area contributed by atoms with Crippen LogP contribution in [-0.4, -0.2) is 25.8 Å². The Morgan fingerprint density at radius 3 is 2.59 bits per heavy atom. The van der Waals surface area contributed by atoms with Gasteiger partial charge in [0.1, 0.15) is 18.2 Å². The van der Waals surface area contributed by atoms with E-state index >= 15 is 0 Å². The topological polar surface area (TPSA) is 85.8 Å². The highest BCUT2D eigenvalue weighted by Crippen LogP contribution is 2.24. The number of hydrogen-bond donors (Lipinski definition) is 1. The minimum atomic E-state index is -0.233. The predicted octanol–water partition coefficient (Wildman–Crippen LogP) is 3.41. The first-order valence-electron chi connectivity index (χ1n) is 8.48. The van der Waals surface area contributed by atoms with E-state index in [0.29, 0.717) is 11.3 Å². The summed E-state index contributed by atoms with van der Waals surface area (Å²) in [6.07, 6.45) is 4.56. The zero-order valence-electron chi connectivity index (χ0n) is 14.6. The van der Waals surface area contributed by atoms with Crippen LogP contribution in [0.25, 0.3) is 17.0 Å². The number of carbonyl (C=O) groups excluding carboxylic acids is 1. The van der Waals surface area contributed by atoms with Gasteiger partial charge in [-0.3, -0.25) is 4.79 Å². The number of nitrogens with one attached hydrogen (secondary N) is 1. The summed E-state index contributed by atoms with van der Waals surface area (Å²) in [4.78, 5) is 16.6. The SMILES string of the molecule is C[C@@H](NC(=O)c1cnoc1-c1ccccc1)c1ccc(-n2cncn2)cc1. The number of amides is 1. The molecule has 0 saturated carbocycles. The summed E-state index contributed by atoms with van der Waals surface area (Å²) in [5, 5.41) is 10.9.